The quantitative estimate of drug-likeness (QED) is 0.827. The van der Waals surface area contributed by atoms with E-state index in [9.17, 15) is 13.2 Å². The minimum Gasteiger partial charge on any atom is -0.467 e. The summed E-state index contributed by atoms with van der Waals surface area (Å²) in [6, 6.07) is 6.46. The molecular weight excluding hydrogens is 340 g/mol. The minimum atomic E-state index is -3.92. The van der Waals surface area contributed by atoms with Crippen LogP contribution in [-0.4, -0.2) is 25.8 Å². The summed E-state index contributed by atoms with van der Waals surface area (Å²) in [6.45, 7) is 5.52. The fraction of sp³-hybridized carbons (Fsp3) is 0.278. The van der Waals surface area contributed by atoms with Crippen LogP contribution < -0.4 is 5.14 Å². The first-order valence-electron chi connectivity index (χ1n) is 7.59. The molecule has 2 aromatic rings. The van der Waals surface area contributed by atoms with Gasteiger partial charge in [-0.05, 0) is 56.2 Å². The van der Waals surface area contributed by atoms with E-state index < -0.39 is 10.0 Å². The van der Waals surface area contributed by atoms with E-state index >= 15 is 0 Å². The predicted octanol–water partition coefficient (Wildman–Crippen LogP) is 2.21. The van der Waals surface area contributed by atoms with Crippen LogP contribution in [0.25, 0.3) is 0 Å². The molecule has 0 saturated carbocycles. The van der Waals surface area contributed by atoms with E-state index in [0.29, 0.717) is 16.9 Å². The van der Waals surface area contributed by atoms with Crippen LogP contribution in [0.1, 0.15) is 34.2 Å². The van der Waals surface area contributed by atoms with E-state index in [1.165, 1.54) is 17.2 Å². The van der Waals surface area contributed by atoms with Crippen molar-refractivity contribution >= 4 is 15.9 Å². The van der Waals surface area contributed by atoms with Gasteiger partial charge in [-0.15, -0.1) is 5.92 Å². The number of sulfonamides is 1. The van der Waals surface area contributed by atoms with Crippen LogP contribution in [-0.2, 0) is 16.6 Å². The van der Waals surface area contributed by atoms with Crippen LogP contribution in [0.5, 0.6) is 0 Å². The zero-order chi connectivity index (χ0) is 18.6. The van der Waals surface area contributed by atoms with Gasteiger partial charge in [0.05, 0.1) is 24.2 Å². The van der Waals surface area contributed by atoms with Gasteiger partial charge in [0.25, 0.3) is 5.91 Å². The third kappa shape index (κ3) is 4.50. The van der Waals surface area contributed by atoms with Crippen LogP contribution in [0.3, 0.4) is 0 Å². The van der Waals surface area contributed by atoms with Crippen molar-refractivity contribution in [3.05, 3.63) is 53.0 Å². The van der Waals surface area contributed by atoms with E-state index in [-0.39, 0.29) is 29.5 Å². The van der Waals surface area contributed by atoms with Gasteiger partial charge in [0.1, 0.15) is 5.76 Å². The topological polar surface area (TPSA) is 93.6 Å². The van der Waals surface area contributed by atoms with Gasteiger partial charge in [-0.1, -0.05) is 5.92 Å². The molecule has 1 aromatic carbocycles. The van der Waals surface area contributed by atoms with Gasteiger partial charge in [0.15, 0.2) is 0 Å². The molecule has 0 atom stereocenters. The molecule has 6 nitrogen and oxygen atoms in total. The highest BCUT2D eigenvalue weighted by Crippen LogP contribution is 2.21. The summed E-state index contributed by atoms with van der Waals surface area (Å²) in [4.78, 5) is 14.3. The molecule has 0 unspecified atom stereocenters. The molecule has 1 amide bonds. The van der Waals surface area contributed by atoms with Crippen LogP contribution in [0.2, 0.25) is 0 Å². The number of primary sulfonamides is 1. The first-order chi connectivity index (χ1) is 11.7. The zero-order valence-corrected chi connectivity index (χ0v) is 15.2. The second-order valence-corrected chi connectivity index (χ2v) is 7.16. The number of carbonyl (C=O) groups excluding carboxylic acids is 1. The molecule has 1 aromatic heterocycles. The third-order valence-corrected chi connectivity index (χ3v) is 4.87. The van der Waals surface area contributed by atoms with E-state index in [2.05, 4.69) is 11.8 Å². The average Bonchev–Trinajstić information content (AvgIpc) is 3.05. The SMILES string of the molecule is CC#CCN(Cc1ccco1)C(=O)c1cc(C)c(C)c(S(N)(=O)=O)c1. The fourth-order valence-corrected chi connectivity index (χ4v) is 3.27. The molecule has 2 rings (SSSR count). The summed E-state index contributed by atoms with van der Waals surface area (Å²) in [5.41, 5.74) is 1.45. The van der Waals surface area contributed by atoms with Crippen molar-refractivity contribution < 1.29 is 17.6 Å². The highest BCUT2D eigenvalue weighted by atomic mass is 32.2. The highest BCUT2D eigenvalue weighted by molar-refractivity contribution is 7.89. The smallest absolute Gasteiger partial charge is 0.255 e. The number of amides is 1. The molecule has 0 radical (unpaired) electrons. The van der Waals surface area contributed by atoms with E-state index in [4.69, 9.17) is 9.56 Å². The molecule has 2 N–H and O–H groups in total. The lowest BCUT2D eigenvalue weighted by Crippen LogP contribution is -2.31. The summed E-state index contributed by atoms with van der Waals surface area (Å²) in [5.74, 6) is 5.87. The standard InChI is InChI=1S/C18H20N2O4S/c1-4-5-8-20(12-16-7-6-9-24-16)18(21)15-10-13(2)14(3)17(11-15)25(19,22)23/h6-7,9-11H,8,12H2,1-3H3,(H2,19,22,23). The number of nitrogens with zero attached hydrogens (tertiary/aromatic N) is 1. The Bertz CT molecular complexity index is 935. The summed E-state index contributed by atoms with van der Waals surface area (Å²) in [7, 11) is -3.92. The lowest BCUT2D eigenvalue weighted by Gasteiger charge is -2.20. The number of furan rings is 1. The van der Waals surface area contributed by atoms with Gasteiger partial charge in [0, 0.05) is 5.56 Å². The Labute approximate surface area is 147 Å². The highest BCUT2D eigenvalue weighted by Gasteiger charge is 2.21. The van der Waals surface area contributed by atoms with Gasteiger partial charge in [0.2, 0.25) is 10.0 Å². The molecule has 0 saturated heterocycles. The molecule has 0 aliphatic heterocycles. The number of carbonyl (C=O) groups is 1. The summed E-state index contributed by atoms with van der Waals surface area (Å²) in [6.07, 6.45) is 1.53. The Hall–Kier alpha value is -2.56. The van der Waals surface area contributed by atoms with E-state index in [0.717, 1.165) is 0 Å². The number of benzene rings is 1. The summed E-state index contributed by atoms with van der Waals surface area (Å²) < 4.78 is 28.9. The van der Waals surface area contributed by atoms with Crippen LogP contribution in [0.4, 0.5) is 0 Å². The van der Waals surface area contributed by atoms with Crippen molar-refractivity contribution in [1.82, 2.24) is 4.90 Å². The number of aryl methyl sites for hydroxylation is 1. The largest absolute Gasteiger partial charge is 0.467 e. The van der Waals surface area contributed by atoms with Crippen molar-refractivity contribution in [2.24, 2.45) is 5.14 Å². The molecule has 0 spiro atoms. The monoisotopic (exact) mass is 360 g/mol. The van der Waals surface area contributed by atoms with Crippen molar-refractivity contribution in [1.29, 1.82) is 0 Å². The normalized spacial score (nSPS) is 10.9. The molecule has 1 heterocycles. The van der Waals surface area contributed by atoms with Crippen LogP contribution >= 0.6 is 0 Å². The lowest BCUT2D eigenvalue weighted by atomic mass is 10.1. The lowest BCUT2D eigenvalue weighted by molar-refractivity contribution is 0.0755. The van der Waals surface area contributed by atoms with Crippen molar-refractivity contribution in [3.8, 4) is 11.8 Å². The van der Waals surface area contributed by atoms with Crippen LogP contribution in [0.15, 0.2) is 39.8 Å². The number of rotatable bonds is 5. The van der Waals surface area contributed by atoms with Crippen LogP contribution in [0, 0.1) is 25.7 Å². The second-order valence-electron chi connectivity index (χ2n) is 5.63. The number of hydrogen-bond donors (Lipinski definition) is 1. The third-order valence-electron chi connectivity index (χ3n) is 3.83. The maximum Gasteiger partial charge on any atom is 0.255 e. The molecule has 0 aliphatic rings. The minimum absolute atomic E-state index is 0.0459. The summed E-state index contributed by atoms with van der Waals surface area (Å²) in [5, 5.41) is 5.27. The first-order valence-corrected chi connectivity index (χ1v) is 9.14. The Kier molecular flexibility index (Phi) is 5.67. The Morgan fingerprint density at radius 1 is 1.32 bits per heavy atom. The van der Waals surface area contributed by atoms with Gasteiger partial charge < -0.3 is 9.32 Å². The molecular formula is C18H20N2O4S. The van der Waals surface area contributed by atoms with E-state index in [1.807, 2.05) is 0 Å². The fourth-order valence-electron chi connectivity index (χ4n) is 2.39. The van der Waals surface area contributed by atoms with Crippen molar-refractivity contribution in [2.75, 3.05) is 6.54 Å². The number of hydrogen-bond acceptors (Lipinski definition) is 4. The average molecular weight is 360 g/mol. The maximum atomic E-state index is 12.9. The Morgan fingerprint density at radius 3 is 2.60 bits per heavy atom. The molecule has 0 fully saturated rings. The Balaban J connectivity index is 2.44. The Morgan fingerprint density at radius 2 is 2.04 bits per heavy atom. The van der Waals surface area contributed by atoms with Gasteiger partial charge >= 0.3 is 0 Å². The molecule has 7 heteroatoms. The van der Waals surface area contributed by atoms with Crippen molar-refractivity contribution in [3.63, 3.8) is 0 Å². The van der Waals surface area contributed by atoms with E-state index in [1.54, 1.807) is 39.0 Å². The zero-order valence-electron chi connectivity index (χ0n) is 14.4. The first kappa shape index (κ1) is 18.8. The molecule has 0 bridgehead atoms. The van der Waals surface area contributed by atoms with Crippen molar-refractivity contribution in [2.45, 2.75) is 32.2 Å². The maximum absolute atomic E-state index is 12.9. The predicted molar refractivity (Wildman–Crippen MR) is 94.2 cm³/mol. The molecule has 0 aliphatic carbocycles. The van der Waals surface area contributed by atoms with Gasteiger partial charge in [-0.25, -0.2) is 13.6 Å². The second kappa shape index (κ2) is 7.55. The van der Waals surface area contributed by atoms with Gasteiger partial charge in [-0.2, -0.15) is 0 Å². The molecule has 25 heavy (non-hydrogen) atoms. The number of nitrogens with two attached hydrogens (primary N) is 1. The van der Waals surface area contributed by atoms with Gasteiger partial charge in [-0.3, -0.25) is 4.79 Å². The molecule has 132 valence electrons. The summed E-state index contributed by atoms with van der Waals surface area (Å²) >= 11 is 0.